The van der Waals surface area contributed by atoms with E-state index in [4.69, 9.17) is 0 Å². The van der Waals surface area contributed by atoms with Crippen LogP contribution in [-0.4, -0.2) is 25.8 Å². The molecule has 126 valence electrons. The molecule has 10 heteroatoms. The quantitative estimate of drug-likeness (QED) is 0.552. The predicted octanol–water partition coefficient (Wildman–Crippen LogP) is 3.39. The van der Waals surface area contributed by atoms with Crippen molar-refractivity contribution in [2.75, 3.05) is 0 Å². The van der Waals surface area contributed by atoms with Crippen molar-refractivity contribution in [1.82, 2.24) is 19.9 Å². The average Bonchev–Trinajstić information content (AvgIpc) is 3.31. The van der Waals surface area contributed by atoms with Crippen molar-refractivity contribution in [3.63, 3.8) is 0 Å². The van der Waals surface area contributed by atoms with E-state index in [1.54, 1.807) is 24.4 Å². The van der Waals surface area contributed by atoms with E-state index in [0.717, 1.165) is 0 Å². The molecule has 0 saturated heterocycles. The summed E-state index contributed by atoms with van der Waals surface area (Å²) in [5.74, 6) is -2.05. The molecule has 0 bridgehead atoms. The first kappa shape index (κ1) is 15.1. The molecule has 0 N–H and O–H groups in total. The van der Waals surface area contributed by atoms with Crippen molar-refractivity contribution in [3.05, 3.63) is 54.4 Å². The molecular weight excluding hydrogens is 341 g/mol. The summed E-state index contributed by atoms with van der Waals surface area (Å²) < 4.78 is 48.0. The number of alkyl halides is 3. The second-order valence-corrected chi connectivity index (χ2v) is 5.10. The lowest BCUT2D eigenvalue weighted by Crippen LogP contribution is -2.09. The van der Waals surface area contributed by atoms with Gasteiger partial charge in [-0.05, 0) is 12.1 Å². The highest BCUT2D eigenvalue weighted by atomic mass is 19.4. The van der Waals surface area contributed by atoms with E-state index in [-0.39, 0.29) is 17.0 Å². The third-order valence-corrected chi connectivity index (χ3v) is 3.52. The topological polar surface area (TPSA) is 87.0 Å². The summed E-state index contributed by atoms with van der Waals surface area (Å²) in [6.07, 6.45) is -0.708. The predicted molar refractivity (Wildman–Crippen MR) is 76.5 cm³/mol. The summed E-state index contributed by atoms with van der Waals surface area (Å²) in [5.41, 5.74) is 0.994. The van der Waals surface area contributed by atoms with Crippen LogP contribution < -0.4 is 0 Å². The van der Waals surface area contributed by atoms with Crippen LogP contribution in [0.4, 0.5) is 13.2 Å². The van der Waals surface area contributed by atoms with Crippen LogP contribution in [0.25, 0.3) is 22.3 Å². The fourth-order valence-corrected chi connectivity index (χ4v) is 2.35. The first-order valence-corrected chi connectivity index (χ1v) is 6.90. The largest absolute Gasteiger partial charge is 0.471 e. The molecular formula is C15H7F3N4O3. The van der Waals surface area contributed by atoms with Crippen LogP contribution in [0.1, 0.15) is 16.2 Å². The molecule has 25 heavy (non-hydrogen) atoms. The zero-order chi connectivity index (χ0) is 17.6. The molecule has 0 amide bonds. The van der Waals surface area contributed by atoms with Gasteiger partial charge < -0.3 is 9.05 Å². The number of hydrogen-bond donors (Lipinski definition) is 0. The van der Waals surface area contributed by atoms with Gasteiger partial charge >= 0.3 is 12.1 Å². The van der Waals surface area contributed by atoms with Crippen molar-refractivity contribution in [2.24, 2.45) is 0 Å². The highest BCUT2D eigenvalue weighted by molar-refractivity contribution is 6.02. The molecule has 0 atom stereocenters. The summed E-state index contributed by atoms with van der Waals surface area (Å²) in [6.45, 7) is 0. The highest BCUT2D eigenvalue weighted by Gasteiger charge is 2.38. The fraction of sp³-hybridized carbons (Fsp3) is 0.0667. The summed E-state index contributed by atoms with van der Waals surface area (Å²) in [4.78, 5) is 15.8. The van der Waals surface area contributed by atoms with Crippen LogP contribution in [0, 0.1) is 0 Å². The molecule has 0 saturated carbocycles. The average molecular weight is 348 g/mol. The standard InChI is InChI=1S/C15H7F3N4O3/c16-15(17,18)14-20-12(21-25-14)9-2-1-8-3-4-22(11(8)5-9)13(23)10-6-19-24-7-10/h1-7H. The Labute approximate surface area is 136 Å². The van der Waals surface area contributed by atoms with Gasteiger partial charge in [-0.3, -0.25) is 9.36 Å². The Morgan fingerprint density at radius 3 is 2.72 bits per heavy atom. The molecule has 0 spiro atoms. The Morgan fingerprint density at radius 1 is 1.20 bits per heavy atom. The normalized spacial score (nSPS) is 12.0. The molecule has 3 aromatic heterocycles. The van der Waals surface area contributed by atoms with Crippen molar-refractivity contribution in [2.45, 2.75) is 6.18 Å². The monoisotopic (exact) mass is 348 g/mol. The second-order valence-electron chi connectivity index (χ2n) is 5.10. The van der Waals surface area contributed by atoms with Gasteiger partial charge in [0.1, 0.15) is 6.26 Å². The zero-order valence-corrected chi connectivity index (χ0v) is 12.2. The van der Waals surface area contributed by atoms with Crippen LogP contribution in [0.3, 0.4) is 0 Å². The molecule has 0 unspecified atom stereocenters. The molecule has 0 radical (unpaired) electrons. The summed E-state index contributed by atoms with van der Waals surface area (Å²) >= 11 is 0. The first-order chi connectivity index (χ1) is 11.9. The van der Waals surface area contributed by atoms with Crippen molar-refractivity contribution in [3.8, 4) is 11.4 Å². The number of carbonyl (C=O) groups is 1. The molecule has 0 fully saturated rings. The van der Waals surface area contributed by atoms with Gasteiger partial charge in [0.05, 0.1) is 17.3 Å². The van der Waals surface area contributed by atoms with Gasteiger partial charge in [0, 0.05) is 17.1 Å². The van der Waals surface area contributed by atoms with E-state index < -0.39 is 18.0 Å². The maximum absolute atomic E-state index is 12.6. The first-order valence-electron chi connectivity index (χ1n) is 6.90. The molecule has 3 heterocycles. The minimum atomic E-state index is -4.72. The van der Waals surface area contributed by atoms with Gasteiger partial charge in [0.25, 0.3) is 5.91 Å². The van der Waals surface area contributed by atoms with E-state index in [0.29, 0.717) is 10.9 Å². The molecule has 0 aliphatic carbocycles. The number of halogens is 3. The SMILES string of the molecule is O=C(c1cnoc1)n1ccc2ccc(-c3noc(C(F)(F)F)n3)cc21. The number of benzene rings is 1. The van der Waals surface area contributed by atoms with E-state index >= 15 is 0 Å². The Bertz CT molecular complexity index is 1060. The Balaban J connectivity index is 1.79. The van der Waals surface area contributed by atoms with Gasteiger partial charge in [0.15, 0.2) is 0 Å². The second kappa shape index (κ2) is 5.30. The van der Waals surface area contributed by atoms with Gasteiger partial charge in [-0.15, -0.1) is 0 Å². The number of hydrogen-bond acceptors (Lipinski definition) is 6. The highest BCUT2D eigenvalue weighted by Crippen LogP contribution is 2.30. The van der Waals surface area contributed by atoms with Crippen LogP contribution >= 0.6 is 0 Å². The van der Waals surface area contributed by atoms with E-state index in [1.807, 2.05) is 0 Å². The molecule has 4 aromatic rings. The van der Waals surface area contributed by atoms with Crippen molar-refractivity contribution in [1.29, 1.82) is 0 Å². The maximum atomic E-state index is 12.6. The van der Waals surface area contributed by atoms with Crippen molar-refractivity contribution >= 4 is 16.8 Å². The van der Waals surface area contributed by atoms with Gasteiger partial charge in [-0.1, -0.05) is 22.4 Å². The maximum Gasteiger partial charge on any atom is 0.471 e. The third-order valence-electron chi connectivity index (χ3n) is 3.52. The van der Waals surface area contributed by atoms with E-state index in [2.05, 4.69) is 24.3 Å². The van der Waals surface area contributed by atoms with Gasteiger partial charge in [-0.2, -0.15) is 18.2 Å². The Morgan fingerprint density at radius 2 is 2.04 bits per heavy atom. The molecule has 1 aromatic carbocycles. The molecule has 7 nitrogen and oxygen atoms in total. The number of rotatable bonds is 2. The lowest BCUT2D eigenvalue weighted by molar-refractivity contribution is -0.159. The van der Waals surface area contributed by atoms with Gasteiger partial charge in [0.2, 0.25) is 5.82 Å². The van der Waals surface area contributed by atoms with Crippen LogP contribution in [-0.2, 0) is 6.18 Å². The lowest BCUT2D eigenvalue weighted by Gasteiger charge is -2.03. The van der Waals surface area contributed by atoms with Crippen LogP contribution in [0.15, 0.2) is 52.0 Å². The summed E-state index contributed by atoms with van der Waals surface area (Å²) in [5, 5.41) is 7.54. The molecule has 0 aliphatic rings. The zero-order valence-electron chi connectivity index (χ0n) is 12.2. The minimum absolute atomic E-state index is 0.223. The molecule has 4 rings (SSSR count). The number of nitrogens with zero attached hydrogens (tertiary/aromatic N) is 4. The smallest absolute Gasteiger partial charge is 0.364 e. The number of fused-ring (bicyclic) bond motifs is 1. The number of aromatic nitrogens is 4. The van der Waals surface area contributed by atoms with E-state index in [1.165, 1.54) is 23.1 Å². The minimum Gasteiger partial charge on any atom is -0.364 e. The fourth-order valence-electron chi connectivity index (χ4n) is 2.35. The Hall–Kier alpha value is -3.43. The third kappa shape index (κ3) is 2.57. The van der Waals surface area contributed by atoms with Crippen molar-refractivity contribution < 1.29 is 27.0 Å². The number of carbonyl (C=O) groups excluding carboxylic acids is 1. The van der Waals surface area contributed by atoms with Gasteiger partial charge in [-0.25, -0.2) is 0 Å². The summed E-state index contributed by atoms with van der Waals surface area (Å²) in [6, 6.07) is 6.39. The lowest BCUT2D eigenvalue weighted by atomic mass is 10.1. The van der Waals surface area contributed by atoms with E-state index in [9.17, 15) is 18.0 Å². The Kier molecular flexibility index (Phi) is 3.20. The van der Waals surface area contributed by atoms with Crippen LogP contribution in [0.5, 0.6) is 0 Å². The van der Waals surface area contributed by atoms with Crippen LogP contribution in [0.2, 0.25) is 0 Å². The summed E-state index contributed by atoms with van der Waals surface area (Å²) in [7, 11) is 0. The molecule has 0 aliphatic heterocycles.